The Kier molecular flexibility index (Phi) is 7.54. The predicted octanol–water partition coefficient (Wildman–Crippen LogP) is 3.70. The molecule has 0 saturated heterocycles. The number of amides is 2. The van der Waals surface area contributed by atoms with Gasteiger partial charge in [0.15, 0.2) is 11.0 Å². The van der Waals surface area contributed by atoms with E-state index in [4.69, 9.17) is 16.3 Å². The molecule has 31 heavy (non-hydrogen) atoms. The number of hydrogen-bond acceptors (Lipinski definition) is 6. The van der Waals surface area contributed by atoms with Crippen LogP contribution in [0.5, 0.6) is 5.75 Å². The highest BCUT2D eigenvalue weighted by Crippen LogP contribution is 2.20. The number of carbonyl (C=O) groups excluding carboxylic acids is 2. The summed E-state index contributed by atoms with van der Waals surface area (Å²) < 4.78 is 6.87. The zero-order chi connectivity index (χ0) is 22.4. The van der Waals surface area contributed by atoms with Gasteiger partial charge in [0.05, 0.1) is 18.9 Å². The minimum atomic E-state index is -0.371. The van der Waals surface area contributed by atoms with E-state index in [2.05, 4.69) is 20.8 Å². The minimum Gasteiger partial charge on any atom is -0.497 e. The SMILES string of the molecule is COc1ccc(C(=O)N[C@H](C)c2nnc(SCC(=O)Nc3ccc(Cl)cc3)n2C)cc1. The maximum Gasteiger partial charge on any atom is 0.251 e. The molecule has 1 aromatic heterocycles. The number of hydrogen-bond donors (Lipinski definition) is 2. The van der Waals surface area contributed by atoms with Crippen molar-refractivity contribution < 1.29 is 14.3 Å². The molecule has 0 bridgehead atoms. The lowest BCUT2D eigenvalue weighted by Crippen LogP contribution is -2.28. The Bertz CT molecular complexity index is 1050. The number of anilines is 1. The Morgan fingerprint density at radius 1 is 1.13 bits per heavy atom. The third-order valence-corrected chi connectivity index (χ3v) is 5.69. The highest BCUT2D eigenvalue weighted by atomic mass is 35.5. The van der Waals surface area contributed by atoms with Crippen LogP contribution in [-0.4, -0.2) is 39.4 Å². The van der Waals surface area contributed by atoms with E-state index in [1.807, 2.05) is 6.92 Å². The average molecular weight is 460 g/mol. The van der Waals surface area contributed by atoms with Gasteiger partial charge < -0.3 is 19.9 Å². The van der Waals surface area contributed by atoms with E-state index in [0.29, 0.717) is 33.0 Å². The summed E-state index contributed by atoms with van der Waals surface area (Å²) in [6, 6.07) is 13.4. The van der Waals surface area contributed by atoms with Gasteiger partial charge in [-0.1, -0.05) is 23.4 Å². The predicted molar refractivity (Wildman–Crippen MR) is 121 cm³/mol. The van der Waals surface area contributed by atoms with Crippen LogP contribution in [0.15, 0.2) is 53.7 Å². The molecule has 0 saturated carbocycles. The first-order valence-corrected chi connectivity index (χ1v) is 10.8. The topological polar surface area (TPSA) is 98.1 Å². The molecular formula is C21H22ClN5O3S. The Hall–Kier alpha value is -3.04. The van der Waals surface area contributed by atoms with Gasteiger partial charge in [-0.3, -0.25) is 9.59 Å². The Labute approximate surface area is 189 Å². The molecule has 3 rings (SSSR count). The molecule has 3 aromatic rings. The van der Waals surface area contributed by atoms with Crippen molar-refractivity contribution in [1.29, 1.82) is 0 Å². The largest absolute Gasteiger partial charge is 0.497 e. The Balaban J connectivity index is 1.56. The zero-order valence-electron chi connectivity index (χ0n) is 17.3. The van der Waals surface area contributed by atoms with Gasteiger partial charge in [-0.2, -0.15) is 0 Å². The summed E-state index contributed by atoms with van der Waals surface area (Å²) in [5.74, 6) is 1.04. The lowest BCUT2D eigenvalue weighted by atomic mass is 10.2. The van der Waals surface area contributed by atoms with Crippen LogP contribution in [0.4, 0.5) is 5.69 Å². The number of thioether (sulfide) groups is 1. The summed E-state index contributed by atoms with van der Waals surface area (Å²) in [4.78, 5) is 24.7. The van der Waals surface area contributed by atoms with Crippen LogP contribution in [0.25, 0.3) is 0 Å². The number of benzene rings is 2. The molecule has 1 heterocycles. The van der Waals surface area contributed by atoms with E-state index in [-0.39, 0.29) is 23.6 Å². The molecule has 162 valence electrons. The van der Waals surface area contributed by atoms with E-state index in [0.717, 1.165) is 0 Å². The number of halogens is 1. The molecule has 2 N–H and O–H groups in total. The second kappa shape index (κ2) is 10.3. The van der Waals surface area contributed by atoms with Gasteiger partial charge in [-0.15, -0.1) is 10.2 Å². The monoisotopic (exact) mass is 459 g/mol. The first-order valence-electron chi connectivity index (χ1n) is 9.40. The molecule has 0 aliphatic heterocycles. The fourth-order valence-electron chi connectivity index (χ4n) is 2.78. The van der Waals surface area contributed by atoms with E-state index in [1.54, 1.807) is 67.3 Å². The number of aromatic nitrogens is 3. The van der Waals surface area contributed by atoms with Crippen molar-refractivity contribution in [3.8, 4) is 5.75 Å². The van der Waals surface area contributed by atoms with Crippen molar-refractivity contribution in [2.24, 2.45) is 7.05 Å². The van der Waals surface area contributed by atoms with Crippen LogP contribution < -0.4 is 15.4 Å². The highest BCUT2D eigenvalue weighted by Gasteiger charge is 2.19. The lowest BCUT2D eigenvalue weighted by molar-refractivity contribution is -0.113. The van der Waals surface area contributed by atoms with Crippen LogP contribution in [-0.2, 0) is 11.8 Å². The second-order valence-electron chi connectivity index (χ2n) is 6.67. The van der Waals surface area contributed by atoms with Gasteiger partial charge in [0.2, 0.25) is 5.91 Å². The molecular weight excluding hydrogens is 438 g/mol. The molecule has 8 nitrogen and oxygen atoms in total. The fourth-order valence-corrected chi connectivity index (χ4v) is 3.62. The Morgan fingerprint density at radius 2 is 1.81 bits per heavy atom. The summed E-state index contributed by atoms with van der Waals surface area (Å²) in [7, 11) is 3.37. The number of rotatable bonds is 8. The fraction of sp³-hybridized carbons (Fsp3) is 0.238. The number of methoxy groups -OCH3 is 1. The molecule has 10 heteroatoms. The van der Waals surface area contributed by atoms with Crippen molar-refractivity contribution in [2.45, 2.75) is 18.1 Å². The molecule has 0 spiro atoms. The molecule has 1 atom stereocenters. The summed E-state index contributed by atoms with van der Waals surface area (Å²) >= 11 is 7.11. The maximum absolute atomic E-state index is 12.5. The summed E-state index contributed by atoms with van der Waals surface area (Å²) in [5.41, 5.74) is 1.19. The lowest BCUT2D eigenvalue weighted by Gasteiger charge is -2.14. The molecule has 0 aliphatic carbocycles. The van der Waals surface area contributed by atoms with Gasteiger partial charge in [0, 0.05) is 23.3 Å². The maximum atomic E-state index is 12.5. The third-order valence-electron chi connectivity index (χ3n) is 4.42. The molecule has 0 aliphatic rings. The van der Waals surface area contributed by atoms with Crippen molar-refractivity contribution in [3.63, 3.8) is 0 Å². The van der Waals surface area contributed by atoms with Crippen LogP contribution in [0.1, 0.15) is 29.1 Å². The standard InChI is InChI=1S/C21H22ClN5O3S/c1-13(23-20(29)14-4-10-17(30-3)11-5-14)19-25-26-21(27(19)2)31-12-18(28)24-16-8-6-15(22)7-9-16/h4-11,13H,12H2,1-3H3,(H,23,29)(H,24,28)/t13-/m1/s1. The second-order valence-corrected chi connectivity index (χ2v) is 8.05. The Morgan fingerprint density at radius 3 is 2.45 bits per heavy atom. The quantitative estimate of drug-likeness (QED) is 0.498. The number of nitrogens with zero attached hydrogens (tertiary/aromatic N) is 3. The van der Waals surface area contributed by atoms with Gasteiger partial charge in [-0.05, 0) is 55.5 Å². The molecule has 0 unspecified atom stereocenters. The van der Waals surface area contributed by atoms with Crippen LogP contribution in [0.3, 0.4) is 0 Å². The van der Waals surface area contributed by atoms with Crippen LogP contribution in [0.2, 0.25) is 5.02 Å². The first-order chi connectivity index (χ1) is 14.9. The number of nitrogens with one attached hydrogen (secondary N) is 2. The van der Waals surface area contributed by atoms with Crippen LogP contribution in [0, 0.1) is 0 Å². The highest BCUT2D eigenvalue weighted by molar-refractivity contribution is 7.99. The van der Waals surface area contributed by atoms with Gasteiger partial charge in [0.1, 0.15) is 5.75 Å². The van der Waals surface area contributed by atoms with Crippen molar-refractivity contribution in [1.82, 2.24) is 20.1 Å². The first kappa shape index (κ1) is 22.6. The van der Waals surface area contributed by atoms with E-state index in [1.165, 1.54) is 11.8 Å². The summed E-state index contributed by atoms with van der Waals surface area (Å²) in [6.45, 7) is 1.83. The third kappa shape index (κ3) is 5.99. The van der Waals surface area contributed by atoms with Crippen molar-refractivity contribution >= 4 is 40.9 Å². The summed E-state index contributed by atoms with van der Waals surface area (Å²) in [6.07, 6.45) is 0. The molecule has 2 amide bonds. The minimum absolute atomic E-state index is 0.168. The zero-order valence-corrected chi connectivity index (χ0v) is 18.8. The normalized spacial score (nSPS) is 11.6. The summed E-state index contributed by atoms with van der Waals surface area (Å²) in [5, 5.41) is 15.2. The molecule has 0 radical (unpaired) electrons. The number of ether oxygens (including phenoxy) is 1. The molecule has 2 aromatic carbocycles. The van der Waals surface area contributed by atoms with Crippen molar-refractivity contribution in [3.05, 3.63) is 64.9 Å². The number of carbonyl (C=O) groups is 2. The van der Waals surface area contributed by atoms with E-state index in [9.17, 15) is 9.59 Å². The smallest absolute Gasteiger partial charge is 0.251 e. The van der Waals surface area contributed by atoms with Gasteiger partial charge in [0.25, 0.3) is 5.91 Å². The van der Waals surface area contributed by atoms with Crippen molar-refractivity contribution in [2.75, 3.05) is 18.2 Å². The molecule has 0 fully saturated rings. The van der Waals surface area contributed by atoms with Crippen LogP contribution >= 0.6 is 23.4 Å². The van der Waals surface area contributed by atoms with E-state index < -0.39 is 0 Å². The average Bonchev–Trinajstić information content (AvgIpc) is 3.14. The van der Waals surface area contributed by atoms with Gasteiger partial charge in [-0.25, -0.2) is 0 Å². The van der Waals surface area contributed by atoms with E-state index >= 15 is 0 Å². The van der Waals surface area contributed by atoms with Gasteiger partial charge >= 0.3 is 0 Å².